The highest BCUT2D eigenvalue weighted by molar-refractivity contribution is 7.93. The van der Waals surface area contributed by atoms with E-state index < -0.39 is 10.0 Å². The molecule has 0 aliphatic heterocycles. The average molecular weight is 404 g/mol. The molecule has 0 bridgehead atoms. The van der Waals surface area contributed by atoms with E-state index in [0.29, 0.717) is 23.4 Å². The predicted molar refractivity (Wildman–Crippen MR) is 117 cm³/mol. The Bertz CT molecular complexity index is 1220. The van der Waals surface area contributed by atoms with Crippen molar-refractivity contribution in [2.24, 2.45) is 0 Å². The first-order valence-electron chi connectivity index (χ1n) is 9.39. The van der Waals surface area contributed by atoms with E-state index in [1.807, 2.05) is 54.6 Å². The van der Waals surface area contributed by atoms with Gasteiger partial charge < -0.3 is 4.74 Å². The molecule has 0 aliphatic carbocycles. The third kappa shape index (κ3) is 4.58. The summed E-state index contributed by atoms with van der Waals surface area (Å²) in [5.74, 6) is 0.624. The Morgan fingerprint density at radius 1 is 0.759 bits per heavy atom. The average Bonchev–Trinajstić information content (AvgIpc) is 2.74. The molecule has 0 unspecified atom stereocenters. The maximum absolute atomic E-state index is 13.0. The first-order valence-corrected chi connectivity index (χ1v) is 10.9. The van der Waals surface area contributed by atoms with Crippen LogP contribution in [0.1, 0.15) is 5.56 Å². The molecule has 5 heteroatoms. The van der Waals surface area contributed by atoms with Crippen LogP contribution in [0.5, 0.6) is 5.75 Å². The smallest absolute Gasteiger partial charge is 0.262 e. The van der Waals surface area contributed by atoms with E-state index in [0.717, 1.165) is 11.8 Å². The lowest BCUT2D eigenvalue weighted by molar-refractivity contribution is 0.322. The van der Waals surface area contributed by atoms with E-state index in [4.69, 9.17) is 4.74 Å². The highest BCUT2D eigenvalue weighted by Gasteiger charge is 2.17. The predicted octanol–water partition coefficient (Wildman–Crippen LogP) is 5.26. The summed E-state index contributed by atoms with van der Waals surface area (Å²) in [7, 11) is -3.73. The fraction of sp³-hybridized carbons (Fsp3) is 0.0833. The Morgan fingerprint density at radius 3 is 2.34 bits per heavy atom. The quantitative estimate of drug-likeness (QED) is 0.458. The molecule has 0 saturated carbocycles. The number of ether oxygens (including phenoxy) is 1. The van der Waals surface area contributed by atoms with Gasteiger partial charge in [0.2, 0.25) is 0 Å². The minimum atomic E-state index is -3.73. The molecule has 0 radical (unpaired) electrons. The molecule has 0 atom stereocenters. The molecule has 0 amide bonds. The third-order valence-electron chi connectivity index (χ3n) is 4.63. The topological polar surface area (TPSA) is 55.4 Å². The molecule has 0 aromatic heterocycles. The normalized spacial score (nSPS) is 11.3. The lowest BCUT2D eigenvalue weighted by atomic mass is 10.1. The van der Waals surface area contributed by atoms with Gasteiger partial charge in [0.05, 0.1) is 17.2 Å². The van der Waals surface area contributed by atoms with Gasteiger partial charge in [-0.25, -0.2) is 8.42 Å². The minimum Gasteiger partial charge on any atom is -0.493 e. The summed E-state index contributed by atoms with van der Waals surface area (Å²) in [4.78, 5) is 0.256. The van der Waals surface area contributed by atoms with Crippen LogP contribution < -0.4 is 9.46 Å². The largest absolute Gasteiger partial charge is 0.493 e. The zero-order valence-electron chi connectivity index (χ0n) is 15.8. The van der Waals surface area contributed by atoms with Gasteiger partial charge in [0.25, 0.3) is 10.0 Å². The fourth-order valence-corrected chi connectivity index (χ4v) is 4.50. The lowest BCUT2D eigenvalue weighted by Crippen LogP contribution is -2.13. The molecule has 29 heavy (non-hydrogen) atoms. The number of rotatable bonds is 7. The molecule has 146 valence electrons. The van der Waals surface area contributed by atoms with Crippen molar-refractivity contribution in [3.8, 4) is 5.75 Å². The molecular weight excluding hydrogens is 382 g/mol. The summed E-state index contributed by atoms with van der Waals surface area (Å²) in [5, 5.41) is 1.58. The van der Waals surface area contributed by atoms with Crippen LogP contribution in [0.15, 0.2) is 102 Å². The van der Waals surface area contributed by atoms with E-state index >= 15 is 0 Å². The highest BCUT2D eigenvalue weighted by Crippen LogP contribution is 2.26. The minimum absolute atomic E-state index is 0.256. The summed E-state index contributed by atoms with van der Waals surface area (Å²) in [6.07, 6.45) is 0.785. The molecule has 4 rings (SSSR count). The van der Waals surface area contributed by atoms with Crippen molar-refractivity contribution in [1.29, 1.82) is 0 Å². The van der Waals surface area contributed by atoms with Crippen molar-refractivity contribution in [3.05, 3.63) is 103 Å². The molecule has 0 saturated heterocycles. The summed E-state index contributed by atoms with van der Waals surface area (Å²) >= 11 is 0. The summed E-state index contributed by atoms with van der Waals surface area (Å²) in [6, 6.07) is 29.8. The van der Waals surface area contributed by atoms with E-state index in [9.17, 15) is 8.42 Å². The Kier molecular flexibility index (Phi) is 5.49. The molecular formula is C24H21NO3S. The number of sulfonamides is 1. The van der Waals surface area contributed by atoms with Crippen LogP contribution >= 0.6 is 0 Å². The summed E-state index contributed by atoms with van der Waals surface area (Å²) in [5.41, 5.74) is 1.66. The molecule has 0 fully saturated rings. The Balaban J connectivity index is 1.49. The van der Waals surface area contributed by atoms with Gasteiger partial charge in [0.15, 0.2) is 0 Å². The Morgan fingerprint density at radius 2 is 1.48 bits per heavy atom. The van der Waals surface area contributed by atoms with E-state index in [1.165, 1.54) is 5.56 Å². The van der Waals surface area contributed by atoms with Gasteiger partial charge in [-0.05, 0) is 29.1 Å². The zero-order valence-corrected chi connectivity index (χ0v) is 16.6. The lowest BCUT2D eigenvalue weighted by Gasteiger charge is -2.12. The van der Waals surface area contributed by atoms with Gasteiger partial charge in [0.1, 0.15) is 5.75 Å². The number of benzene rings is 4. The van der Waals surface area contributed by atoms with Crippen molar-refractivity contribution >= 4 is 26.5 Å². The second-order valence-corrected chi connectivity index (χ2v) is 8.35. The van der Waals surface area contributed by atoms with Gasteiger partial charge in [-0.1, -0.05) is 72.8 Å². The van der Waals surface area contributed by atoms with Crippen molar-refractivity contribution in [3.63, 3.8) is 0 Å². The zero-order chi connectivity index (χ0) is 20.1. The highest BCUT2D eigenvalue weighted by atomic mass is 32.2. The van der Waals surface area contributed by atoms with Gasteiger partial charge in [-0.3, -0.25) is 4.72 Å². The third-order valence-corrected chi connectivity index (χ3v) is 6.07. The number of nitrogens with one attached hydrogen (secondary N) is 1. The van der Waals surface area contributed by atoms with Crippen molar-refractivity contribution in [2.75, 3.05) is 11.3 Å². The van der Waals surface area contributed by atoms with Crippen LogP contribution in [0.2, 0.25) is 0 Å². The van der Waals surface area contributed by atoms with E-state index in [1.54, 1.807) is 30.3 Å². The molecule has 4 nitrogen and oxygen atoms in total. The first kappa shape index (κ1) is 19.0. The first-order chi connectivity index (χ1) is 14.1. The van der Waals surface area contributed by atoms with Crippen LogP contribution in [-0.2, 0) is 16.4 Å². The number of hydrogen-bond donors (Lipinski definition) is 1. The number of hydrogen-bond acceptors (Lipinski definition) is 3. The van der Waals surface area contributed by atoms with Crippen LogP contribution in [0, 0.1) is 0 Å². The van der Waals surface area contributed by atoms with E-state index in [-0.39, 0.29) is 4.90 Å². The maximum Gasteiger partial charge on any atom is 0.262 e. The Hall–Kier alpha value is -3.31. The second kappa shape index (κ2) is 8.37. The molecule has 0 spiro atoms. The van der Waals surface area contributed by atoms with Crippen LogP contribution in [0.4, 0.5) is 5.69 Å². The SMILES string of the molecule is O=S(=O)(Nc1cccc(OCCc2ccccc2)c1)c1cccc2ccccc12. The maximum atomic E-state index is 13.0. The fourth-order valence-electron chi connectivity index (χ4n) is 3.22. The van der Waals surface area contributed by atoms with Crippen molar-refractivity contribution in [1.82, 2.24) is 0 Å². The Labute approximate surface area is 170 Å². The standard InChI is InChI=1S/C24H21NO3S/c26-29(27,24-15-6-11-20-10-4-5-14-23(20)24)25-21-12-7-13-22(18-21)28-17-16-19-8-2-1-3-9-19/h1-15,18,25H,16-17H2. The van der Waals surface area contributed by atoms with Crippen molar-refractivity contribution < 1.29 is 13.2 Å². The monoisotopic (exact) mass is 403 g/mol. The molecule has 4 aromatic carbocycles. The van der Waals surface area contributed by atoms with Crippen molar-refractivity contribution in [2.45, 2.75) is 11.3 Å². The molecule has 1 N–H and O–H groups in total. The van der Waals surface area contributed by atoms with Crippen LogP contribution in [0.25, 0.3) is 10.8 Å². The molecule has 0 heterocycles. The van der Waals surface area contributed by atoms with Crippen LogP contribution in [-0.4, -0.2) is 15.0 Å². The summed E-state index contributed by atoms with van der Waals surface area (Å²) in [6.45, 7) is 0.517. The van der Waals surface area contributed by atoms with E-state index in [2.05, 4.69) is 16.9 Å². The molecule has 4 aromatic rings. The number of anilines is 1. The van der Waals surface area contributed by atoms with Gasteiger partial charge in [0, 0.05) is 17.9 Å². The second-order valence-electron chi connectivity index (χ2n) is 6.69. The van der Waals surface area contributed by atoms with Gasteiger partial charge in [-0.2, -0.15) is 0 Å². The van der Waals surface area contributed by atoms with Gasteiger partial charge in [-0.15, -0.1) is 0 Å². The van der Waals surface area contributed by atoms with Gasteiger partial charge >= 0.3 is 0 Å². The molecule has 0 aliphatic rings. The number of fused-ring (bicyclic) bond motifs is 1. The summed E-state index contributed by atoms with van der Waals surface area (Å²) < 4.78 is 34.4. The van der Waals surface area contributed by atoms with Crippen LogP contribution in [0.3, 0.4) is 0 Å².